The number of aromatic nitrogens is 2. The number of benzene rings is 2. The van der Waals surface area contributed by atoms with Gasteiger partial charge in [-0.15, -0.1) is 0 Å². The first-order valence-corrected chi connectivity index (χ1v) is 13.6. The number of rotatable bonds is 9. The molecule has 9 heteroatoms. The summed E-state index contributed by atoms with van der Waals surface area (Å²) in [5.74, 6) is 6.00. The van der Waals surface area contributed by atoms with E-state index in [1.165, 1.54) is 18.0 Å². The maximum atomic E-state index is 15.3. The first-order chi connectivity index (χ1) is 19.4. The molecule has 0 aliphatic carbocycles. The highest BCUT2D eigenvalue weighted by atomic mass is 19.1. The van der Waals surface area contributed by atoms with Crippen LogP contribution in [0, 0.1) is 29.5 Å². The Morgan fingerprint density at radius 3 is 2.55 bits per heavy atom. The molecule has 2 aromatic carbocycles. The minimum Gasteiger partial charge on any atom is -0.502 e. The minimum atomic E-state index is -0.665. The molecule has 1 aromatic heterocycles. The van der Waals surface area contributed by atoms with Crippen molar-refractivity contribution in [2.75, 3.05) is 39.5 Å². The van der Waals surface area contributed by atoms with Crippen LogP contribution >= 0.6 is 0 Å². The summed E-state index contributed by atoms with van der Waals surface area (Å²) in [6.45, 7) is 6.19. The van der Waals surface area contributed by atoms with Crippen LogP contribution in [0.25, 0.3) is 0 Å². The molecule has 0 spiro atoms. The third-order valence-electron chi connectivity index (χ3n) is 7.76. The molecular weight excluding hydrogens is 514 g/mol. The number of fused-ring (bicyclic) bond motifs is 1. The standard InChI is InChI=1S/C31H34F2N4O3/c1-20(12-32)34-13-24(11-29-30(38)31(39)36-19-35-29)27-9-8-22(10-28(27)33)5-2-21-3-6-23(7-4-21)14-37-15-25-17-40-18-26(25)16-37/h3-4,6-10,19-20,24-26,34,38H,11-18H2,1H3,(H,35,36,39). The highest BCUT2D eigenvalue weighted by Gasteiger charge is 2.36. The number of aromatic amines is 1. The molecule has 2 fully saturated rings. The highest BCUT2D eigenvalue weighted by molar-refractivity contribution is 5.45. The fourth-order valence-corrected chi connectivity index (χ4v) is 5.45. The smallest absolute Gasteiger partial charge is 0.293 e. The van der Waals surface area contributed by atoms with Gasteiger partial charge in [0.15, 0.2) is 0 Å². The van der Waals surface area contributed by atoms with Crippen molar-refractivity contribution in [1.29, 1.82) is 0 Å². The summed E-state index contributed by atoms with van der Waals surface area (Å²) in [6.07, 6.45) is 1.29. The molecule has 7 nitrogen and oxygen atoms in total. The Kier molecular flexibility index (Phi) is 8.90. The van der Waals surface area contributed by atoms with Gasteiger partial charge in [0, 0.05) is 67.5 Å². The Bertz CT molecular complexity index is 1420. The number of aromatic hydroxyl groups is 1. The Labute approximate surface area is 232 Å². The van der Waals surface area contributed by atoms with E-state index in [-0.39, 0.29) is 18.7 Å². The topological polar surface area (TPSA) is 90.5 Å². The summed E-state index contributed by atoms with van der Waals surface area (Å²) in [5, 5.41) is 13.2. The Morgan fingerprint density at radius 1 is 1.15 bits per heavy atom. The van der Waals surface area contributed by atoms with Crippen molar-refractivity contribution in [3.05, 3.63) is 92.9 Å². The quantitative estimate of drug-likeness (QED) is 0.356. The molecule has 4 unspecified atom stereocenters. The Morgan fingerprint density at radius 2 is 1.85 bits per heavy atom. The van der Waals surface area contributed by atoms with Gasteiger partial charge in [-0.05, 0) is 42.3 Å². The molecule has 0 radical (unpaired) electrons. The van der Waals surface area contributed by atoms with Gasteiger partial charge in [-0.25, -0.2) is 13.8 Å². The van der Waals surface area contributed by atoms with E-state index in [9.17, 15) is 14.3 Å². The van der Waals surface area contributed by atoms with E-state index in [0.29, 0.717) is 23.0 Å². The third-order valence-corrected chi connectivity index (χ3v) is 7.76. The number of hydrogen-bond acceptors (Lipinski definition) is 6. The van der Waals surface area contributed by atoms with E-state index < -0.39 is 35.8 Å². The molecule has 2 saturated heterocycles. The monoisotopic (exact) mass is 548 g/mol. The van der Waals surface area contributed by atoms with Crippen LogP contribution in [0.15, 0.2) is 53.6 Å². The molecule has 40 heavy (non-hydrogen) atoms. The SMILES string of the molecule is CC(CF)NCC(Cc1nc[nH]c(=O)c1O)c1ccc(C#Cc2ccc(CN3CC4COCC4C3)cc2)cc1F. The molecule has 2 aliphatic rings. The van der Waals surface area contributed by atoms with E-state index in [1.54, 1.807) is 19.1 Å². The van der Waals surface area contributed by atoms with Crippen molar-refractivity contribution in [2.45, 2.75) is 31.8 Å². The summed E-state index contributed by atoms with van der Waals surface area (Å²) in [6, 6.07) is 12.5. The van der Waals surface area contributed by atoms with E-state index >= 15 is 4.39 Å². The predicted molar refractivity (Wildman–Crippen MR) is 148 cm³/mol. The number of likely N-dealkylation sites (tertiary alicyclic amines) is 1. The van der Waals surface area contributed by atoms with E-state index in [1.807, 2.05) is 12.1 Å². The van der Waals surface area contributed by atoms with Gasteiger partial charge in [-0.2, -0.15) is 0 Å². The number of nitrogens with zero attached hydrogens (tertiary/aromatic N) is 2. The summed E-state index contributed by atoms with van der Waals surface area (Å²) in [4.78, 5) is 20.6. The lowest BCUT2D eigenvalue weighted by atomic mass is 9.92. The zero-order valence-electron chi connectivity index (χ0n) is 22.5. The third kappa shape index (κ3) is 6.76. The second-order valence-electron chi connectivity index (χ2n) is 10.8. The molecule has 0 amide bonds. The van der Waals surface area contributed by atoms with Crippen molar-refractivity contribution < 1.29 is 18.6 Å². The second kappa shape index (κ2) is 12.7. The minimum absolute atomic E-state index is 0.0998. The summed E-state index contributed by atoms with van der Waals surface area (Å²) in [7, 11) is 0. The van der Waals surface area contributed by atoms with Crippen LogP contribution in [0.3, 0.4) is 0 Å². The fourth-order valence-electron chi connectivity index (χ4n) is 5.45. The number of H-pyrrole nitrogens is 1. The maximum Gasteiger partial charge on any atom is 0.293 e. The van der Waals surface area contributed by atoms with Crippen molar-refractivity contribution in [1.82, 2.24) is 20.2 Å². The van der Waals surface area contributed by atoms with Gasteiger partial charge >= 0.3 is 0 Å². The molecule has 4 atom stereocenters. The number of halogens is 2. The van der Waals surface area contributed by atoms with E-state index in [0.717, 1.165) is 38.4 Å². The van der Waals surface area contributed by atoms with Gasteiger partial charge < -0.3 is 20.1 Å². The molecule has 2 aliphatic heterocycles. The molecule has 3 N–H and O–H groups in total. The lowest BCUT2D eigenvalue weighted by molar-refractivity contribution is 0.153. The van der Waals surface area contributed by atoms with Crippen molar-refractivity contribution >= 4 is 0 Å². The summed E-state index contributed by atoms with van der Waals surface area (Å²) < 4.78 is 33.9. The Balaban J connectivity index is 1.26. The molecule has 0 bridgehead atoms. The molecule has 210 valence electrons. The average Bonchev–Trinajstić information content (AvgIpc) is 3.55. The van der Waals surface area contributed by atoms with Gasteiger partial charge in [0.2, 0.25) is 5.75 Å². The van der Waals surface area contributed by atoms with Gasteiger partial charge in [0.05, 0.1) is 25.2 Å². The number of hydrogen-bond donors (Lipinski definition) is 3. The van der Waals surface area contributed by atoms with Crippen LogP contribution in [-0.2, 0) is 17.7 Å². The Hall–Kier alpha value is -3.58. The van der Waals surface area contributed by atoms with Crippen LogP contribution in [-0.4, -0.2) is 65.5 Å². The second-order valence-corrected chi connectivity index (χ2v) is 10.8. The molecule has 3 heterocycles. The molecule has 3 aromatic rings. The van der Waals surface area contributed by atoms with Crippen LogP contribution in [0.5, 0.6) is 5.75 Å². The summed E-state index contributed by atoms with van der Waals surface area (Å²) >= 11 is 0. The number of alkyl halides is 1. The fraction of sp³-hybridized carbons (Fsp3) is 0.419. The highest BCUT2D eigenvalue weighted by Crippen LogP contribution is 2.30. The van der Waals surface area contributed by atoms with Gasteiger partial charge in [-0.3, -0.25) is 9.69 Å². The normalized spacial score (nSPS) is 20.1. The van der Waals surface area contributed by atoms with Crippen LogP contribution in [0.4, 0.5) is 8.78 Å². The number of ether oxygens (including phenoxy) is 1. The van der Waals surface area contributed by atoms with Crippen LogP contribution < -0.4 is 10.9 Å². The van der Waals surface area contributed by atoms with Crippen molar-refractivity contribution in [3.63, 3.8) is 0 Å². The van der Waals surface area contributed by atoms with Gasteiger partial charge in [-0.1, -0.05) is 30.0 Å². The molecule has 5 rings (SSSR count). The largest absolute Gasteiger partial charge is 0.502 e. The first kappa shape index (κ1) is 28.0. The maximum absolute atomic E-state index is 15.3. The molecule has 0 saturated carbocycles. The van der Waals surface area contributed by atoms with Gasteiger partial charge in [0.1, 0.15) is 12.5 Å². The van der Waals surface area contributed by atoms with Crippen molar-refractivity contribution in [2.24, 2.45) is 11.8 Å². The van der Waals surface area contributed by atoms with E-state index in [4.69, 9.17) is 4.74 Å². The van der Waals surface area contributed by atoms with Crippen LogP contribution in [0.1, 0.15) is 40.8 Å². The predicted octanol–water partition coefficient (Wildman–Crippen LogP) is 3.37. The summed E-state index contributed by atoms with van der Waals surface area (Å²) in [5.41, 5.74) is 2.46. The average molecular weight is 549 g/mol. The van der Waals surface area contributed by atoms with Gasteiger partial charge in [0.25, 0.3) is 5.56 Å². The number of nitrogens with one attached hydrogen (secondary N) is 2. The molecular formula is C31H34F2N4O3. The lowest BCUT2D eigenvalue weighted by Gasteiger charge is -2.21. The first-order valence-electron chi connectivity index (χ1n) is 13.6. The van der Waals surface area contributed by atoms with E-state index in [2.05, 4.69) is 44.2 Å². The lowest BCUT2D eigenvalue weighted by Crippen LogP contribution is -2.33. The van der Waals surface area contributed by atoms with Crippen LogP contribution in [0.2, 0.25) is 0 Å². The zero-order valence-corrected chi connectivity index (χ0v) is 22.5. The van der Waals surface area contributed by atoms with Crippen molar-refractivity contribution in [3.8, 4) is 17.6 Å². The zero-order chi connectivity index (χ0) is 28.1.